The summed E-state index contributed by atoms with van der Waals surface area (Å²) >= 11 is 0. The van der Waals surface area contributed by atoms with Crippen molar-refractivity contribution < 1.29 is 27.4 Å². The first-order chi connectivity index (χ1) is 21.3. The third-order valence-electron chi connectivity index (χ3n) is 7.77. The average molecular weight is 601 g/mol. The summed E-state index contributed by atoms with van der Waals surface area (Å²) in [6.45, 7) is 2.27. The van der Waals surface area contributed by atoms with E-state index in [1.54, 1.807) is 34.0 Å². The molecule has 9 nitrogen and oxygen atoms in total. The Morgan fingerprint density at radius 2 is 1.64 bits per heavy atom. The minimum absolute atomic E-state index is 0.129. The number of hydrogen-bond donors (Lipinski definition) is 0. The molecular weight excluding hydrogens is 573 g/mol. The predicted molar refractivity (Wildman–Crippen MR) is 156 cm³/mol. The van der Waals surface area contributed by atoms with E-state index in [2.05, 4.69) is 5.10 Å². The molecule has 3 aromatic carbocycles. The van der Waals surface area contributed by atoms with Crippen LogP contribution in [0.2, 0.25) is 0 Å². The van der Waals surface area contributed by atoms with Gasteiger partial charge >= 0.3 is 6.18 Å². The Hall–Kier alpha value is -5.13. The van der Waals surface area contributed by atoms with Crippen LogP contribution in [0.4, 0.5) is 19.0 Å². The van der Waals surface area contributed by atoms with Crippen LogP contribution in [0.25, 0.3) is 22.4 Å². The lowest BCUT2D eigenvalue weighted by Crippen LogP contribution is -2.54. The second-order valence-electron chi connectivity index (χ2n) is 10.7. The monoisotopic (exact) mass is 600 g/mol. The normalized spacial score (nSPS) is 16.8. The van der Waals surface area contributed by atoms with Crippen LogP contribution in [0.1, 0.15) is 11.1 Å². The zero-order chi connectivity index (χ0) is 30.3. The van der Waals surface area contributed by atoms with Gasteiger partial charge in [0.2, 0.25) is 6.10 Å². The lowest BCUT2D eigenvalue weighted by atomic mass is 10.1. The number of benzene rings is 3. The van der Waals surface area contributed by atoms with Crippen LogP contribution in [0, 0.1) is 0 Å². The third kappa shape index (κ3) is 5.38. The van der Waals surface area contributed by atoms with Crippen LogP contribution < -0.4 is 14.4 Å². The van der Waals surface area contributed by atoms with Crippen molar-refractivity contribution in [3.63, 3.8) is 0 Å². The summed E-state index contributed by atoms with van der Waals surface area (Å²) < 4.78 is 54.1. The number of amides is 1. The van der Waals surface area contributed by atoms with Crippen molar-refractivity contribution >= 4 is 22.8 Å². The summed E-state index contributed by atoms with van der Waals surface area (Å²) in [5.74, 6) is 1.71. The van der Waals surface area contributed by atoms with Crippen LogP contribution in [-0.4, -0.2) is 69.4 Å². The Balaban J connectivity index is 1.18. The first-order valence-corrected chi connectivity index (χ1v) is 14.2. The Kier molecular flexibility index (Phi) is 7.03. The highest BCUT2D eigenvalue weighted by Gasteiger charge is 2.34. The quantitative estimate of drug-likeness (QED) is 0.279. The number of rotatable bonds is 5. The van der Waals surface area contributed by atoms with E-state index < -0.39 is 17.8 Å². The number of carbonyl (C=O) groups is 1. The average Bonchev–Trinajstić information content (AvgIpc) is 3.46. The second kappa shape index (κ2) is 11.2. The lowest BCUT2D eigenvalue weighted by molar-refractivity contribution is -0.141. The maximum Gasteiger partial charge on any atom is 0.416 e. The molecule has 1 amide bonds. The highest BCUT2D eigenvalue weighted by Crippen LogP contribution is 2.34. The molecule has 7 rings (SSSR count). The molecule has 5 aromatic rings. The van der Waals surface area contributed by atoms with Gasteiger partial charge in [0.25, 0.3) is 5.91 Å². The molecule has 0 bridgehead atoms. The summed E-state index contributed by atoms with van der Waals surface area (Å²) in [4.78, 5) is 26.6. The van der Waals surface area contributed by atoms with Gasteiger partial charge in [0.1, 0.15) is 12.4 Å². The molecule has 1 atom stereocenters. The summed E-state index contributed by atoms with van der Waals surface area (Å²) in [7, 11) is 0. The van der Waals surface area contributed by atoms with Crippen LogP contribution in [0.3, 0.4) is 0 Å². The zero-order valence-electron chi connectivity index (χ0n) is 23.4. The zero-order valence-corrected chi connectivity index (χ0v) is 23.4. The molecule has 2 aromatic heterocycles. The van der Waals surface area contributed by atoms with E-state index in [4.69, 9.17) is 19.4 Å². The topological polar surface area (TPSA) is 85.6 Å². The molecule has 12 heteroatoms. The van der Waals surface area contributed by atoms with Gasteiger partial charge in [-0.05, 0) is 29.8 Å². The first-order valence-electron chi connectivity index (χ1n) is 14.2. The molecule has 0 radical (unpaired) electrons. The molecule has 1 fully saturated rings. The van der Waals surface area contributed by atoms with Gasteiger partial charge in [-0.25, -0.2) is 14.6 Å². The van der Waals surface area contributed by atoms with E-state index in [-0.39, 0.29) is 23.9 Å². The molecule has 2 aliphatic heterocycles. The van der Waals surface area contributed by atoms with Gasteiger partial charge in [-0.3, -0.25) is 4.79 Å². The van der Waals surface area contributed by atoms with E-state index in [1.165, 1.54) is 6.07 Å². The van der Waals surface area contributed by atoms with Gasteiger partial charge < -0.3 is 19.3 Å². The van der Waals surface area contributed by atoms with Crippen molar-refractivity contribution in [1.29, 1.82) is 0 Å². The Labute approximate surface area is 250 Å². The highest BCUT2D eigenvalue weighted by atomic mass is 19.4. The van der Waals surface area contributed by atoms with Crippen molar-refractivity contribution in [3.05, 3.63) is 96.2 Å². The van der Waals surface area contributed by atoms with Crippen molar-refractivity contribution in [1.82, 2.24) is 24.6 Å². The maximum atomic E-state index is 13.6. The highest BCUT2D eigenvalue weighted by molar-refractivity contribution is 5.89. The number of nitrogens with zero attached hydrogens (tertiary/aromatic N) is 6. The molecule has 0 saturated carbocycles. The number of anilines is 1. The largest absolute Gasteiger partial charge is 0.485 e. The number of hydrogen-bond acceptors (Lipinski definition) is 7. The van der Waals surface area contributed by atoms with Gasteiger partial charge in [0.05, 0.1) is 23.7 Å². The van der Waals surface area contributed by atoms with E-state index in [0.717, 1.165) is 17.7 Å². The van der Waals surface area contributed by atoms with Gasteiger partial charge in [-0.15, -0.1) is 0 Å². The fourth-order valence-corrected chi connectivity index (χ4v) is 5.50. The molecule has 2 aliphatic rings. The summed E-state index contributed by atoms with van der Waals surface area (Å²) in [5.41, 5.74) is 0.985. The van der Waals surface area contributed by atoms with E-state index in [9.17, 15) is 18.0 Å². The SMILES string of the molecule is O=C(C1COc2ccccc2O1)N1CCN(c2nc(-c3cccc(C(F)(F)F)c3)nc3c2cnn3Cc2ccccc2)CC1. The van der Waals surface area contributed by atoms with Gasteiger partial charge in [0.15, 0.2) is 23.0 Å². The van der Waals surface area contributed by atoms with E-state index >= 15 is 0 Å². The molecule has 0 aliphatic carbocycles. The number of carbonyl (C=O) groups excluding carboxylic acids is 1. The van der Waals surface area contributed by atoms with Crippen molar-refractivity contribution in [2.24, 2.45) is 0 Å². The smallest absolute Gasteiger partial charge is 0.416 e. The van der Waals surface area contributed by atoms with Crippen molar-refractivity contribution in [2.75, 3.05) is 37.7 Å². The molecule has 44 heavy (non-hydrogen) atoms. The first kappa shape index (κ1) is 27.7. The fourth-order valence-electron chi connectivity index (χ4n) is 5.50. The van der Waals surface area contributed by atoms with Crippen LogP contribution in [-0.2, 0) is 17.5 Å². The molecule has 1 unspecified atom stereocenters. The van der Waals surface area contributed by atoms with E-state index in [0.29, 0.717) is 61.1 Å². The summed E-state index contributed by atoms with van der Waals surface area (Å²) in [6.07, 6.45) is -3.56. The number of para-hydroxylation sites is 2. The summed E-state index contributed by atoms with van der Waals surface area (Å²) in [5, 5.41) is 5.25. The number of ether oxygens (including phenoxy) is 2. The standard InChI is InChI=1S/C32H27F3N6O3/c33-32(34,35)23-10-6-9-22(17-23)28-37-29(24-18-36-41(30(24)38-28)19-21-7-2-1-3-8-21)39-13-15-40(16-14-39)31(42)27-20-43-25-11-4-5-12-26(25)44-27/h1-12,17-18,27H,13-16,19-20H2. The second-order valence-corrected chi connectivity index (χ2v) is 10.7. The number of piperazine rings is 1. The minimum atomic E-state index is -4.50. The Morgan fingerprint density at radius 3 is 2.41 bits per heavy atom. The molecule has 0 N–H and O–H groups in total. The predicted octanol–water partition coefficient (Wildman–Crippen LogP) is 5.05. The number of aromatic nitrogens is 4. The third-order valence-corrected chi connectivity index (χ3v) is 7.77. The van der Waals surface area contributed by atoms with Crippen molar-refractivity contribution in [3.8, 4) is 22.9 Å². The Bertz CT molecular complexity index is 1820. The van der Waals surface area contributed by atoms with Gasteiger partial charge in [-0.1, -0.05) is 54.6 Å². The maximum absolute atomic E-state index is 13.6. The fraction of sp³-hybridized carbons (Fsp3) is 0.250. The molecule has 1 saturated heterocycles. The van der Waals surface area contributed by atoms with Gasteiger partial charge in [-0.2, -0.15) is 18.3 Å². The number of alkyl halides is 3. The molecule has 4 heterocycles. The van der Waals surface area contributed by atoms with Crippen molar-refractivity contribution in [2.45, 2.75) is 18.8 Å². The number of fused-ring (bicyclic) bond motifs is 2. The van der Waals surface area contributed by atoms with Crippen LogP contribution in [0.5, 0.6) is 11.5 Å². The number of halogens is 3. The molecule has 224 valence electrons. The van der Waals surface area contributed by atoms with E-state index in [1.807, 2.05) is 47.4 Å². The minimum Gasteiger partial charge on any atom is -0.485 e. The van der Waals surface area contributed by atoms with Crippen LogP contribution in [0.15, 0.2) is 85.1 Å². The summed E-state index contributed by atoms with van der Waals surface area (Å²) in [6, 6.07) is 22.0. The lowest BCUT2D eigenvalue weighted by Gasteiger charge is -2.37. The molecular formula is C32H27F3N6O3. The Morgan fingerprint density at radius 1 is 0.886 bits per heavy atom. The van der Waals surface area contributed by atoms with Crippen LogP contribution >= 0.6 is 0 Å². The van der Waals surface area contributed by atoms with Gasteiger partial charge in [0, 0.05) is 31.7 Å². The molecule has 0 spiro atoms.